The maximum Gasteiger partial charge on any atom is 0.160 e. The number of nitrogens with zero attached hydrogens (tertiary/aromatic N) is 3. The highest BCUT2D eigenvalue weighted by atomic mass is 14.9. The average molecular weight is 838 g/mol. The van der Waals surface area contributed by atoms with E-state index in [0.717, 1.165) is 55.5 Å². The number of hydrogen-bond acceptors (Lipinski definition) is 3. The van der Waals surface area contributed by atoms with Crippen molar-refractivity contribution >= 4 is 43.1 Å². The third-order valence-electron chi connectivity index (χ3n) is 13.0. The van der Waals surface area contributed by atoms with Crippen molar-refractivity contribution in [3.05, 3.63) is 242 Å². The van der Waals surface area contributed by atoms with Crippen molar-refractivity contribution < 1.29 is 0 Å². The van der Waals surface area contributed by atoms with E-state index < -0.39 is 0 Å². The standard InChI is InChI=1S/C63H39N3/c64-40-41-18-20-42(21-19-41)44-24-30-48(31-25-44)60-39-61(66-63(65-60)50-11-2-1-3-12-50)57-37-36-53(55-16-8-9-17-56(55)57)47-28-22-43(23-29-47)45-26-32-49(33-27-45)62-54-15-7-5-13-51(54)38-59-52-14-6-4-10-46(52)34-35-58(59)62/h1-39H. The molecule has 1 aromatic heterocycles. The van der Waals surface area contributed by atoms with Crippen LogP contribution in [0.5, 0.6) is 0 Å². The Bertz CT molecular complexity index is 3830. The summed E-state index contributed by atoms with van der Waals surface area (Å²) in [4.78, 5) is 10.3. The fraction of sp³-hybridized carbons (Fsp3) is 0. The second kappa shape index (κ2) is 16.3. The SMILES string of the molecule is N#Cc1ccc(-c2ccc(-c3cc(-c4ccc(-c5ccc(-c6ccc(-c7c8ccccc8cc8c7ccc7ccccc78)cc6)cc5)c5ccccc45)nc(-c4ccccc4)n3)cc2)cc1. The van der Waals surface area contributed by atoms with Gasteiger partial charge < -0.3 is 0 Å². The van der Waals surface area contributed by atoms with Gasteiger partial charge in [-0.05, 0) is 112 Å². The number of rotatable bonds is 7. The average Bonchev–Trinajstić information content (AvgIpc) is 3.40. The molecule has 0 amide bonds. The Morgan fingerprint density at radius 2 is 0.788 bits per heavy atom. The lowest BCUT2D eigenvalue weighted by molar-refractivity contribution is 1.18. The fourth-order valence-electron chi connectivity index (χ4n) is 9.60. The summed E-state index contributed by atoms with van der Waals surface area (Å²) in [7, 11) is 0. The van der Waals surface area contributed by atoms with Crippen LogP contribution >= 0.6 is 0 Å². The van der Waals surface area contributed by atoms with E-state index in [9.17, 15) is 5.26 Å². The van der Waals surface area contributed by atoms with E-state index in [0.29, 0.717) is 11.4 Å². The van der Waals surface area contributed by atoms with Gasteiger partial charge in [0.2, 0.25) is 0 Å². The summed E-state index contributed by atoms with van der Waals surface area (Å²) < 4.78 is 0. The molecule has 0 bridgehead atoms. The van der Waals surface area contributed by atoms with E-state index in [4.69, 9.17) is 9.97 Å². The normalized spacial score (nSPS) is 11.3. The predicted molar refractivity (Wildman–Crippen MR) is 275 cm³/mol. The Kier molecular flexibility index (Phi) is 9.55. The quantitative estimate of drug-likeness (QED) is 0.119. The number of hydrogen-bond donors (Lipinski definition) is 0. The second-order valence-electron chi connectivity index (χ2n) is 16.8. The van der Waals surface area contributed by atoms with Crippen molar-refractivity contribution in [3.8, 4) is 84.5 Å². The van der Waals surface area contributed by atoms with Crippen molar-refractivity contribution in [2.24, 2.45) is 0 Å². The van der Waals surface area contributed by atoms with Crippen molar-refractivity contribution in [3.63, 3.8) is 0 Å². The molecule has 0 saturated carbocycles. The first-order valence-electron chi connectivity index (χ1n) is 22.3. The lowest BCUT2D eigenvalue weighted by Gasteiger charge is -2.15. The molecule has 0 unspecified atom stereocenters. The fourth-order valence-corrected chi connectivity index (χ4v) is 9.60. The zero-order valence-corrected chi connectivity index (χ0v) is 35.9. The Morgan fingerprint density at radius 3 is 1.45 bits per heavy atom. The molecule has 3 nitrogen and oxygen atoms in total. The lowest BCUT2D eigenvalue weighted by atomic mass is 9.89. The van der Waals surface area contributed by atoms with E-state index >= 15 is 0 Å². The summed E-state index contributed by atoms with van der Waals surface area (Å²) in [6, 6.07) is 86.0. The van der Waals surface area contributed by atoms with E-state index in [1.807, 2.05) is 42.5 Å². The smallest absolute Gasteiger partial charge is 0.160 e. The second-order valence-corrected chi connectivity index (χ2v) is 16.8. The minimum absolute atomic E-state index is 0.648. The van der Waals surface area contributed by atoms with E-state index in [1.54, 1.807) is 0 Å². The molecule has 0 spiro atoms. The Labute approximate surface area is 383 Å². The zero-order chi connectivity index (χ0) is 44.0. The minimum Gasteiger partial charge on any atom is -0.228 e. The third kappa shape index (κ3) is 6.95. The molecule has 0 saturated heterocycles. The molecule has 1 heterocycles. The van der Waals surface area contributed by atoms with Crippen LogP contribution in [0.1, 0.15) is 5.56 Å². The van der Waals surface area contributed by atoms with Crippen LogP contribution in [0.15, 0.2) is 237 Å². The molecular formula is C63H39N3. The van der Waals surface area contributed by atoms with E-state index in [2.05, 4.69) is 200 Å². The lowest BCUT2D eigenvalue weighted by Crippen LogP contribution is -1.97. The number of nitriles is 1. The van der Waals surface area contributed by atoms with Crippen LogP contribution in [0, 0.1) is 11.3 Å². The minimum atomic E-state index is 0.648. The molecule has 0 aliphatic carbocycles. The summed E-state index contributed by atoms with van der Waals surface area (Å²) in [6.07, 6.45) is 0. The molecule has 0 fully saturated rings. The molecule has 12 aromatic rings. The molecular weight excluding hydrogens is 799 g/mol. The van der Waals surface area contributed by atoms with Crippen LogP contribution in [0.3, 0.4) is 0 Å². The molecule has 0 atom stereocenters. The first-order valence-corrected chi connectivity index (χ1v) is 22.3. The van der Waals surface area contributed by atoms with Crippen molar-refractivity contribution in [1.82, 2.24) is 9.97 Å². The van der Waals surface area contributed by atoms with Crippen LogP contribution in [0.4, 0.5) is 0 Å². The monoisotopic (exact) mass is 837 g/mol. The van der Waals surface area contributed by atoms with Gasteiger partial charge >= 0.3 is 0 Å². The molecule has 12 rings (SSSR count). The molecule has 0 radical (unpaired) electrons. The van der Waals surface area contributed by atoms with E-state index in [-0.39, 0.29) is 0 Å². The van der Waals surface area contributed by atoms with E-state index in [1.165, 1.54) is 60.1 Å². The summed E-state index contributed by atoms with van der Waals surface area (Å²) >= 11 is 0. The van der Waals surface area contributed by atoms with Crippen LogP contribution in [-0.4, -0.2) is 9.97 Å². The van der Waals surface area contributed by atoms with Gasteiger partial charge in [0.05, 0.1) is 23.0 Å². The Morgan fingerprint density at radius 1 is 0.288 bits per heavy atom. The van der Waals surface area contributed by atoms with Gasteiger partial charge in [-0.25, -0.2) is 9.97 Å². The summed E-state index contributed by atoms with van der Waals surface area (Å²) in [6.45, 7) is 0. The van der Waals surface area contributed by atoms with Crippen molar-refractivity contribution in [1.29, 1.82) is 5.26 Å². The van der Waals surface area contributed by atoms with Crippen LogP contribution in [0.2, 0.25) is 0 Å². The van der Waals surface area contributed by atoms with Crippen LogP contribution in [-0.2, 0) is 0 Å². The summed E-state index contributed by atoms with van der Waals surface area (Å²) in [5, 5.41) is 19.2. The predicted octanol–water partition coefficient (Wildman–Crippen LogP) is 16.6. The summed E-state index contributed by atoms with van der Waals surface area (Å²) in [5.41, 5.74) is 14.7. The van der Waals surface area contributed by atoms with Crippen LogP contribution < -0.4 is 0 Å². The Hall–Kier alpha value is -8.97. The number of aromatic nitrogens is 2. The highest BCUT2D eigenvalue weighted by molar-refractivity contribution is 6.20. The van der Waals surface area contributed by atoms with Gasteiger partial charge in [-0.1, -0.05) is 212 Å². The molecule has 66 heavy (non-hydrogen) atoms. The highest BCUT2D eigenvalue weighted by Crippen LogP contribution is 2.41. The van der Waals surface area contributed by atoms with Crippen molar-refractivity contribution in [2.75, 3.05) is 0 Å². The highest BCUT2D eigenvalue weighted by Gasteiger charge is 2.16. The van der Waals surface area contributed by atoms with Gasteiger partial charge in [-0.15, -0.1) is 0 Å². The van der Waals surface area contributed by atoms with Crippen LogP contribution in [0.25, 0.3) is 122 Å². The third-order valence-corrected chi connectivity index (χ3v) is 13.0. The topological polar surface area (TPSA) is 49.6 Å². The molecule has 0 aliphatic rings. The zero-order valence-electron chi connectivity index (χ0n) is 35.9. The molecule has 11 aromatic carbocycles. The number of benzene rings is 11. The van der Waals surface area contributed by atoms with Gasteiger partial charge in [0.1, 0.15) is 0 Å². The molecule has 3 heteroatoms. The first kappa shape index (κ1) is 38.7. The van der Waals surface area contributed by atoms with Gasteiger partial charge in [0.25, 0.3) is 0 Å². The largest absolute Gasteiger partial charge is 0.228 e. The molecule has 0 N–H and O–H groups in total. The molecule has 0 aliphatic heterocycles. The number of fused-ring (bicyclic) bond motifs is 5. The first-order chi connectivity index (χ1) is 32.6. The maximum atomic E-state index is 9.27. The van der Waals surface area contributed by atoms with Gasteiger partial charge in [0.15, 0.2) is 5.82 Å². The summed E-state index contributed by atoms with van der Waals surface area (Å²) in [5.74, 6) is 0.676. The Balaban J connectivity index is 0.883. The van der Waals surface area contributed by atoms with Gasteiger partial charge in [-0.2, -0.15) is 5.26 Å². The van der Waals surface area contributed by atoms with Crippen molar-refractivity contribution in [2.45, 2.75) is 0 Å². The maximum absolute atomic E-state index is 9.27. The van der Waals surface area contributed by atoms with Gasteiger partial charge in [-0.3, -0.25) is 0 Å². The molecule has 306 valence electrons. The van der Waals surface area contributed by atoms with Gasteiger partial charge in [0, 0.05) is 16.7 Å².